The van der Waals surface area contributed by atoms with E-state index in [1.54, 1.807) is 30.7 Å². The second-order valence-corrected chi connectivity index (χ2v) is 8.68. The van der Waals surface area contributed by atoms with Gasteiger partial charge in [0, 0.05) is 18.3 Å². The van der Waals surface area contributed by atoms with Crippen LogP contribution in [0.4, 0.5) is 0 Å². The van der Waals surface area contributed by atoms with Gasteiger partial charge < -0.3 is 15.0 Å². The van der Waals surface area contributed by atoms with Gasteiger partial charge in [-0.15, -0.1) is 11.8 Å². The van der Waals surface area contributed by atoms with E-state index < -0.39 is 6.04 Å². The number of aryl methyl sites for hydroxylation is 1. The summed E-state index contributed by atoms with van der Waals surface area (Å²) in [6.07, 6.45) is 0. The number of hydrogen-bond acceptors (Lipinski definition) is 4. The number of carbonyl (C=O) groups is 2. The van der Waals surface area contributed by atoms with Gasteiger partial charge in [-0.2, -0.15) is 0 Å². The molecule has 162 valence electrons. The molecule has 0 spiro atoms. The van der Waals surface area contributed by atoms with Crippen LogP contribution in [0.1, 0.15) is 37.5 Å². The molecule has 6 heteroatoms. The Morgan fingerprint density at radius 2 is 1.77 bits per heavy atom. The Kier molecular flexibility index (Phi) is 9.24. The molecule has 0 fully saturated rings. The molecule has 5 nitrogen and oxygen atoms in total. The maximum atomic E-state index is 13.1. The zero-order valence-corrected chi connectivity index (χ0v) is 19.3. The number of amides is 2. The van der Waals surface area contributed by atoms with Gasteiger partial charge in [0.25, 0.3) is 0 Å². The van der Waals surface area contributed by atoms with Crippen LogP contribution in [0.5, 0.6) is 5.75 Å². The van der Waals surface area contributed by atoms with Gasteiger partial charge in [-0.3, -0.25) is 9.59 Å². The molecule has 0 saturated heterocycles. The third-order valence-corrected chi connectivity index (χ3v) is 5.68. The van der Waals surface area contributed by atoms with E-state index in [1.165, 1.54) is 0 Å². The zero-order chi connectivity index (χ0) is 22.1. The van der Waals surface area contributed by atoms with Gasteiger partial charge in [-0.05, 0) is 51.0 Å². The minimum Gasteiger partial charge on any atom is -0.497 e. The summed E-state index contributed by atoms with van der Waals surface area (Å²) < 4.78 is 5.18. The molecule has 0 saturated carbocycles. The number of hydrogen-bond donors (Lipinski definition) is 1. The SMILES string of the molecule is COc1ccc(CSCC(=O)N(Cc2cccc(C)c2)[C@@H](C)C(=O)NC(C)C)cc1. The molecule has 0 aliphatic rings. The third-order valence-electron chi connectivity index (χ3n) is 4.69. The lowest BCUT2D eigenvalue weighted by Gasteiger charge is -2.29. The van der Waals surface area contributed by atoms with Crippen LogP contribution in [0.2, 0.25) is 0 Å². The second kappa shape index (κ2) is 11.6. The zero-order valence-electron chi connectivity index (χ0n) is 18.5. The average molecular weight is 429 g/mol. The van der Waals surface area contributed by atoms with Crippen molar-refractivity contribution < 1.29 is 14.3 Å². The molecule has 2 rings (SSSR count). The minimum absolute atomic E-state index is 0.0281. The lowest BCUT2D eigenvalue weighted by Crippen LogP contribution is -2.49. The topological polar surface area (TPSA) is 58.6 Å². The van der Waals surface area contributed by atoms with E-state index in [-0.39, 0.29) is 17.9 Å². The normalized spacial score (nSPS) is 11.8. The highest BCUT2D eigenvalue weighted by Gasteiger charge is 2.26. The third kappa shape index (κ3) is 7.41. The van der Waals surface area contributed by atoms with E-state index >= 15 is 0 Å². The summed E-state index contributed by atoms with van der Waals surface area (Å²) >= 11 is 1.55. The number of nitrogens with zero attached hydrogens (tertiary/aromatic N) is 1. The summed E-state index contributed by atoms with van der Waals surface area (Å²) in [5.74, 6) is 1.68. The molecule has 30 heavy (non-hydrogen) atoms. The molecule has 2 amide bonds. The molecular formula is C24H32N2O3S. The van der Waals surface area contributed by atoms with Crippen LogP contribution in [-0.2, 0) is 21.9 Å². The fourth-order valence-electron chi connectivity index (χ4n) is 3.06. The molecule has 2 aromatic rings. The molecule has 1 atom stereocenters. The van der Waals surface area contributed by atoms with Crippen LogP contribution in [0.3, 0.4) is 0 Å². The number of benzene rings is 2. The van der Waals surface area contributed by atoms with Crippen LogP contribution >= 0.6 is 11.8 Å². The second-order valence-electron chi connectivity index (χ2n) is 7.69. The molecule has 2 aromatic carbocycles. The average Bonchev–Trinajstić information content (AvgIpc) is 2.71. The number of rotatable bonds is 10. The van der Waals surface area contributed by atoms with Crippen molar-refractivity contribution >= 4 is 23.6 Å². The van der Waals surface area contributed by atoms with Crippen molar-refractivity contribution in [1.29, 1.82) is 0 Å². The number of methoxy groups -OCH3 is 1. The van der Waals surface area contributed by atoms with Gasteiger partial charge in [0.1, 0.15) is 11.8 Å². The maximum absolute atomic E-state index is 13.1. The highest BCUT2D eigenvalue weighted by molar-refractivity contribution is 7.99. The van der Waals surface area contributed by atoms with E-state index in [2.05, 4.69) is 11.4 Å². The number of thioether (sulfide) groups is 1. The molecule has 1 N–H and O–H groups in total. The monoisotopic (exact) mass is 428 g/mol. The highest BCUT2D eigenvalue weighted by Crippen LogP contribution is 2.18. The Morgan fingerprint density at radius 1 is 1.07 bits per heavy atom. The van der Waals surface area contributed by atoms with Gasteiger partial charge in [0.2, 0.25) is 11.8 Å². The first-order valence-electron chi connectivity index (χ1n) is 10.2. The standard InChI is InChI=1S/C24H32N2O3S/c1-17(2)25-24(28)19(4)26(14-21-8-6-7-18(3)13-21)23(27)16-30-15-20-9-11-22(29-5)12-10-20/h6-13,17,19H,14-16H2,1-5H3,(H,25,28)/t19-/m0/s1. The van der Waals surface area contributed by atoms with Crippen LogP contribution in [-0.4, -0.2) is 41.7 Å². The summed E-state index contributed by atoms with van der Waals surface area (Å²) in [5.41, 5.74) is 3.28. The molecule has 0 aromatic heterocycles. The minimum atomic E-state index is -0.540. The summed E-state index contributed by atoms with van der Waals surface area (Å²) in [6.45, 7) is 8.06. The molecule has 0 unspecified atom stereocenters. The Bertz CT molecular complexity index is 837. The Balaban J connectivity index is 2.05. The smallest absolute Gasteiger partial charge is 0.242 e. The Hall–Kier alpha value is -2.47. The van der Waals surface area contributed by atoms with Crippen molar-refractivity contribution in [1.82, 2.24) is 10.2 Å². The van der Waals surface area contributed by atoms with Crippen LogP contribution in [0.15, 0.2) is 48.5 Å². The molecule has 0 radical (unpaired) electrons. The van der Waals surface area contributed by atoms with E-state index in [1.807, 2.05) is 63.2 Å². The molecule has 0 aliphatic heterocycles. The number of carbonyl (C=O) groups excluding carboxylic acids is 2. The highest BCUT2D eigenvalue weighted by atomic mass is 32.2. The quantitative estimate of drug-likeness (QED) is 0.617. The van der Waals surface area contributed by atoms with E-state index in [0.29, 0.717) is 12.3 Å². The van der Waals surface area contributed by atoms with Crippen molar-refractivity contribution in [3.8, 4) is 5.75 Å². The summed E-state index contributed by atoms with van der Waals surface area (Å²) in [4.78, 5) is 27.3. The number of ether oxygens (including phenoxy) is 1. The Morgan fingerprint density at radius 3 is 2.37 bits per heavy atom. The Labute approximate surface area is 184 Å². The lowest BCUT2D eigenvalue weighted by atomic mass is 10.1. The fourth-order valence-corrected chi connectivity index (χ4v) is 3.93. The number of nitrogens with one attached hydrogen (secondary N) is 1. The fraction of sp³-hybridized carbons (Fsp3) is 0.417. The van der Waals surface area contributed by atoms with Crippen molar-refractivity contribution in [3.63, 3.8) is 0 Å². The largest absolute Gasteiger partial charge is 0.497 e. The predicted molar refractivity (Wildman–Crippen MR) is 124 cm³/mol. The van der Waals surface area contributed by atoms with Crippen molar-refractivity contribution in [2.24, 2.45) is 0 Å². The first-order chi connectivity index (χ1) is 14.3. The van der Waals surface area contributed by atoms with E-state index in [4.69, 9.17) is 4.74 Å². The van der Waals surface area contributed by atoms with Crippen LogP contribution < -0.4 is 10.1 Å². The maximum Gasteiger partial charge on any atom is 0.242 e. The molecular weight excluding hydrogens is 396 g/mol. The first-order valence-corrected chi connectivity index (χ1v) is 11.3. The van der Waals surface area contributed by atoms with Crippen LogP contribution in [0, 0.1) is 6.92 Å². The molecule has 0 bridgehead atoms. The van der Waals surface area contributed by atoms with Gasteiger partial charge >= 0.3 is 0 Å². The van der Waals surface area contributed by atoms with E-state index in [0.717, 1.165) is 28.2 Å². The summed E-state index contributed by atoms with van der Waals surface area (Å²) in [7, 11) is 1.64. The van der Waals surface area contributed by atoms with Gasteiger partial charge in [-0.25, -0.2) is 0 Å². The van der Waals surface area contributed by atoms with Crippen LogP contribution in [0.25, 0.3) is 0 Å². The van der Waals surface area contributed by atoms with Gasteiger partial charge in [0.05, 0.1) is 12.9 Å². The van der Waals surface area contributed by atoms with E-state index in [9.17, 15) is 9.59 Å². The summed E-state index contributed by atoms with van der Waals surface area (Å²) in [6, 6.07) is 15.4. The van der Waals surface area contributed by atoms with Gasteiger partial charge in [-0.1, -0.05) is 42.0 Å². The molecule has 0 heterocycles. The lowest BCUT2D eigenvalue weighted by molar-refractivity contribution is -0.138. The van der Waals surface area contributed by atoms with Crippen molar-refractivity contribution in [2.45, 2.75) is 52.1 Å². The first kappa shape index (κ1) is 23.8. The van der Waals surface area contributed by atoms with Crippen molar-refractivity contribution in [2.75, 3.05) is 12.9 Å². The van der Waals surface area contributed by atoms with Crippen molar-refractivity contribution in [3.05, 3.63) is 65.2 Å². The van der Waals surface area contributed by atoms with Gasteiger partial charge in [0.15, 0.2) is 0 Å². The summed E-state index contributed by atoms with van der Waals surface area (Å²) in [5, 5.41) is 2.92. The molecule has 0 aliphatic carbocycles. The predicted octanol–water partition coefficient (Wildman–Crippen LogP) is 4.18.